The third kappa shape index (κ3) is 1.94. The van der Waals surface area contributed by atoms with Gasteiger partial charge in [-0.3, -0.25) is 11.3 Å². The lowest BCUT2D eigenvalue weighted by atomic mass is 10.1. The summed E-state index contributed by atoms with van der Waals surface area (Å²) in [5.41, 5.74) is 2.69. The molecule has 60 valence electrons. The van der Waals surface area contributed by atoms with E-state index in [1.165, 1.54) is 0 Å². The summed E-state index contributed by atoms with van der Waals surface area (Å²) < 4.78 is 5.65. The maximum atomic E-state index is 5.65. The van der Waals surface area contributed by atoms with Gasteiger partial charge in [0.1, 0.15) is 0 Å². The number of hydrazine groups is 1. The van der Waals surface area contributed by atoms with Crippen molar-refractivity contribution in [2.75, 3.05) is 6.54 Å². The highest BCUT2D eigenvalue weighted by molar-refractivity contribution is 4.81. The van der Waals surface area contributed by atoms with Crippen LogP contribution < -0.4 is 11.3 Å². The lowest BCUT2D eigenvalue weighted by Gasteiger charge is -2.18. The molecule has 1 aliphatic heterocycles. The maximum Gasteiger partial charge on any atom is 0.0721 e. The Morgan fingerprint density at radius 1 is 1.70 bits per heavy atom. The van der Waals surface area contributed by atoms with Crippen molar-refractivity contribution in [2.24, 2.45) is 5.84 Å². The van der Waals surface area contributed by atoms with Crippen molar-refractivity contribution in [3.05, 3.63) is 0 Å². The molecule has 0 saturated carbocycles. The third-order valence-corrected chi connectivity index (χ3v) is 1.90. The van der Waals surface area contributed by atoms with Gasteiger partial charge in [0, 0.05) is 6.54 Å². The fourth-order valence-electron chi connectivity index (χ4n) is 1.35. The number of hydrogen-bond acceptors (Lipinski definition) is 3. The molecule has 0 aromatic carbocycles. The van der Waals surface area contributed by atoms with Gasteiger partial charge in [-0.1, -0.05) is 0 Å². The summed E-state index contributed by atoms with van der Waals surface area (Å²) in [4.78, 5) is 0. The Balaban J connectivity index is 2.29. The van der Waals surface area contributed by atoms with Crippen LogP contribution in [0, 0.1) is 0 Å². The number of nitrogens with two attached hydrogens (primary N) is 1. The molecule has 0 spiro atoms. The molecule has 3 heteroatoms. The van der Waals surface area contributed by atoms with Crippen LogP contribution in [0.3, 0.4) is 0 Å². The summed E-state index contributed by atoms with van der Waals surface area (Å²) in [6.07, 6.45) is 2.58. The summed E-state index contributed by atoms with van der Waals surface area (Å²) in [5, 5.41) is 0. The van der Waals surface area contributed by atoms with Crippen molar-refractivity contribution >= 4 is 0 Å². The van der Waals surface area contributed by atoms with Crippen molar-refractivity contribution in [3.63, 3.8) is 0 Å². The van der Waals surface area contributed by atoms with Crippen LogP contribution in [0.4, 0.5) is 0 Å². The van der Waals surface area contributed by atoms with Crippen molar-refractivity contribution in [3.8, 4) is 0 Å². The van der Waals surface area contributed by atoms with E-state index in [0.717, 1.165) is 19.4 Å². The second-order valence-corrected chi connectivity index (χ2v) is 3.45. The summed E-state index contributed by atoms with van der Waals surface area (Å²) in [6.45, 7) is 5.00. The Morgan fingerprint density at radius 2 is 2.40 bits per heavy atom. The standard InChI is InChI=1S/C7H16N2O/c1-7(2)4-3-6(10-7)5-9-8/h6,9H,3-5,8H2,1-2H3/t6-/m0/s1. The number of rotatable bonds is 2. The predicted molar refractivity (Wildman–Crippen MR) is 40.4 cm³/mol. The zero-order valence-corrected chi connectivity index (χ0v) is 6.68. The predicted octanol–water partition coefficient (Wildman–Crippen LogP) is 0.407. The molecule has 0 aromatic rings. The van der Waals surface area contributed by atoms with E-state index >= 15 is 0 Å². The van der Waals surface area contributed by atoms with Gasteiger partial charge in [0.2, 0.25) is 0 Å². The van der Waals surface area contributed by atoms with Crippen LogP contribution in [0.15, 0.2) is 0 Å². The highest BCUT2D eigenvalue weighted by Gasteiger charge is 2.30. The van der Waals surface area contributed by atoms with E-state index in [1.807, 2.05) is 0 Å². The zero-order valence-electron chi connectivity index (χ0n) is 6.68. The molecule has 1 heterocycles. The van der Waals surface area contributed by atoms with Crippen LogP contribution in [0.2, 0.25) is 0 Å². The van der Waals surface area contributed by atoms with Crippen molar-refractivity contribution in [1.82, 2.24) is 5.43 Å². The highest BCUT2D eigenvalue weighted by atomic mass is 16.5. The molecule has 1 rings (SSSR count). The van der Waals surface area contributed by atoms with E-state index in [9.17, 15) is 0 Å². The van der Waals surface area contributed by atoms with Gasteiger partial charge in [0.15, 0.2) is 0 Å². The molecule has 0 radical (unpaired) electrons. The molecule has 0 bridgehead atoms. The molecular formula is C7H16N2O. The highest BCUT2D eigenvalue weighted by Crippen LogP contribution is 2.28. The summed E-state index contributed by atoms with van der Waals surface area (Å²) in [6, 6.07) is 0. The molecule has 1 aliphatic rings. The first kappa shape index (κ1) is 7.98. The van der Waals surface area contributed by atoms with Gasteiger partial charge < -0.3 is 4.74 Å². The van der Waals surface area contributed by atoms with Crippen molar-refractivity contribution in [1.29, 1.82) is 0 Å². The smallest absolute Gasteiger partial charge is 0.0721 e. The second-order valence-electron chi connectivity index (χ2n) is 3.45. The van der Waals surface area contributed by atoms with Crippen LogP contribution in [-0.4, -0.2) is 18.2 Å². The van der Waals surface area contributed by atoms with Crippen LogP contribution in [0.25, 0.3) is 0 Å². The van der Waals surface area contributed by atoms with Gasteiger partial charge in [-0.05, 0) is 26.7 Å². The number of ether oxygens (including phenoxy) is 1. The Kier molecular flexibility index (Phi) is 2.28. The topological polar surface area (TPSA) is 47.3 Å². The molecule has 1 saturated heterocycles. The first-order chi connectivity index (χ1) is 4.64. The fraction of sp³-hybridized carbons (Fsp3) is 1.00. The monoisotopic (exact) mass is 144 g/mol. The summed E-state index contributed by atoms with van der Waals surface area (Å²) >= 11 is 0. The molecule has 3 N–H and O–H groups in total. The fourth-order valence-corrected chi connectivity index (χ4v) is 1.35. The molecule has 0 unspecified atom stereocenters. The third-order valence-electron chi connectivity index (χ3n) is 1.90. The summed E-state index contributed by atoms with van der Waals surface area (Å²) in [5.74, 6) is 5.17. The summed E-state index contributed by atoms with van der Waals surface area (Å²) in [7, 11) is 0. The number of nitrogens with one attached hydrogen (secondary N) is 1. The molecule has 0 amide bonds. The lowest BCUT2D eigenvalue weighted by molar-refractivity contribution is -0.0141. The maximum absolute atomic E-state index is 5.65. The van der Waals surface area contributed by atoms with E-state index in [1.54, 1.807) is 0 Å². The van der Waals surface area contributed by atoms with Crippen molar-refractivity contribution in [2.45, 2.75) is 38.4 Å². The Morgan fingerprint density at radius 3 is 2.80 bits per heavy atom. The van der Waals surface area contributed by atoms with Crippen LogP contribution in [0.5, 0.6) is 0 Å². The molecule has 0 aromatic heterocycles. The van der Waals surface area contributed by atoms with Crippen LogP contribution in [-0.2, 0) is 4.74 Å². The van der Waals surface area contributed by atoms with E-state index in [2.05, 4.69) is 19.3 Å². The Hall–Kier alpha value is -0.120. The van der Waals surface area contributed by atoms with Gasteiger partial charge in [-0.25, -0.2) is 0 Å². The van der Waals surface area contributed by atoms with E-state index in [-0.39, 0.29) is 5.60 Å². The molecule has 1 atom stereocenters. The number of hydrogen-bond donors (Lipinski definition) is 2. The van der Waals surface area contributed by atoms with E-state index in [4.69, 9.17) is 10.6 Å². The minimum Gasteiger partial charge on any atom is -0.371 e. The molecular weight excluding hydrogens is 128 g/mol. The van der Waals surface area contributed by atoms with Gasteiger partial charge in [-0.15, -0.1) is 0 Å². The molecule has 10 heavy (non-hydrogen) atoms. The first-order valence-corrected chi connectivity index (χ1v) is 3.75. The van der Waals surface area contributed by atoms with Crippen LogP contribution in [0.1, 0.15) is 26.7 Å². The van der Waals surface area contributed by atoms with Gasteiger partial charge in [0.05, 0.1) is 11.7 Å². The second kappa shape index (κ2) is 2.86. The lowest BCUT2D eigenvalue weighted by Crippen LogP contribution is -2.33. The SMILES string of the molecule is CC1(C)CC[C@@H](CNN)O1. The van der Waals surface area contributed by atoms with Gasteiger partial charge in [-0.2, -0.15) is 0 Å². The minimum absolute atomic E-state index is 0.0709. The van der Waals surface area contributed by atoms with Crippen LogP contribution >= 0.6 is 0 Å². The molecule has 0 aliphatic carbocycles. The Bertz CT molecular complexity index is 114. The average molecular weight is 144 g/mol. The molecule has 1 fully saturated rings. The van der Waals surface area contributed by atoms with Gasteiger partial charge >= 0.3 is 0 Å². The zero-order chi connectivity index (χ0) is 7.61. The van der Waals surface area contributed by atoms with Crippen molar-refractivity contribution < 1.29 is 4.74 Å². The Labute approximate surface area is 61.9 Å². The largest absolute Gasteiger partial charge is 0.371 e. The van der Waals surface area contributed by atoms with E-state index < -0.39 is 0 Å². The first-order valence-electron chi connectivity index (χ1n) is 3.75. The average Bonchev–Trinajstić information content (AvgIpc) is 2.12. The van der Waals surface area contributed by atoms with Gasteiger partial charge in [0.25, 0.3) is 0 Å². The normalized spacial score (nSPS) is 30.9. The van der Waals surface area contributed by atoms with E-state index in [0.29, 0.717) is 6.10 Å². The quantitative estimate of drug-likeness (QED) is 0.436. The minimum atomic E-state index is 0.0709. The molecule has 3 nitrogen and oxygen atoms in total.